The lowest BCUT2D eigenvalue weighted by atomic mass is 9.82. The highest BCUT2D eigenvalue weighted by Gasteiger charge is 2.32. The molecule has 2 atom stereocenters. The lowest BCUT2D eigenvalue weighted by molar-refractivity contribution is 0.0946. The van der Waals surface area contributed by atoms with Crippen LogP contribution in [0.25, 0.3) is 0 Å². The van der Waals surface area contributed by atoms with Crippen LogP contribution in [0.1, 0.15) is 37.1 Å². The van der Waals surface area contributed by atoms with Gasteiger partial charge in [0.1, 0.15) is 5.82 Å². The molecule has 112 valence electrons. The molecule has 3 rings (SSSR count). The van der Waals surface area contributed by atoms with Gasteiger partial charge in [-0.25, -0.2) is 4.39 Å². The molecule has 1 saturated heterocycles. The maximum Gasteiger partial charge on any atom is 0.123 e. The summed E-state index contributed by atoms with van der Waals surface area (Å²) in [5.41, 5.74) is 2.41. The summed E-state index contributed by atoms with van der Waals surface area (Å²) < 4.78 is 13.1. The van der Waals surface area contributed by atoms with E-state index in [4.69, 9.17) is 0 Å². The average Bonchev–Trinajstić information content (AvgIpc) is 3.03. The molecular weight excluding hydrogens is 265 g/mol. The van der Waals surface area contributed by atoms with Crippen molar-refractivity contribution in [2.45, 2.75) is 32.2 Å². The molecule has 0 saturated carbocycles. The van der Waals surface area contributed by atoms with Crippen LogP contribution in [0.3, 0.4) is 0 Å². The zero-order chi connectivity index (χ0) is 14.7. The van der Waals surface area contributed by atoms with Gasteiger partial charge in [-0.05, 0) is 62.0 Å². The smallest absolute Gasteiger partial charge is 0.123 e. The third kappa shape index (κ3) is 3.16. The van der Waals surface area contributed by atoms with Crippen LogP contribution in [0.5, 0.6) is 0 Å². The molecule has 21 heavy (non-hydrogen) atoms. The largest absolute Gasteiger partial charge is 0.295 e. The number of nitrogens with one attached hydrogen (secondary N) is 1. The van der Waals surface area contributed by atoms with Gasteiger partial charge < -0.3 is 0 Å². The van der Waals surface area contributed by atoms with E-state index in [2.05, 4.69) is 28.1 Å². The van der Waals surface area contributed by atoms with Gasteiger partial charge in [0.05, 0.1) is 11.7 Å². The van der Waals surface area contributed by atoms with Crippen molar-refractivity contribution in [2.75, 3.05) is 13.1 Å². The molecule has 0 radical (unpaired) electrons. The summed E-state index contributed by atoms with van der Waals surface area (Å²) in [6.07, 6.45) is 5.25. The number of hydrogen-bond donors (Lipinski definition) is 1. The molecule has 0 bridgehead atoms. The van der Waals surface area contributed by atoms with Crippen LogP contribution in [0, 0.1) is 11.7 Å². The number of piperidine rings is 1. The van der Waals surface area contributed by atoms with Crippen molar-refractivity contribution < 1.29 is 4.39 Å². The van der Waals surface area contributed by atoms with Crippen LogP contribution in [-0.2, 0) is 6.42 Å². The van der Waals surface area contributed by atoms with Crippen LogP contribution in [-0.4, -0.2) is 28.2 Å². The molecule has 1 aliphatic heterocycles. The van der Waals surface area contributed by atoms with Crippen molar-refractivity contribution in [2.24, 2.45) is 5.92 Å². The van der Waals surface area contributed by atoms with Crippen molar-refractivity contribution in [1.82, 2.24) is 15.1 Å². The SMILES string of the molecule is CCN1CCCC(Cc2ccc(F)cc2)C1c1ccn[nH]1. The number of nitrogens with zero attached hydrogens (tertiary/aromatic N) is 2. The predicted molar refractivity (Wildman–Crippen MR) is 81.4 cm³/mol. The minimum atomic E-state index is -0.164. The molecule has 2 heterocycles. The number of benzene rings is 1. The number of likely N-dealkylation sites (tertiary alicyclic amines) is 1. The van der Waals surface area contributed by atoms with E-state index in [1.165, 1.54) is 24.1 Å². The fourth-order valence-corrected chi connectivity index (χ4v) is 3.53. The Morgan fingerprint density at radius 3 is 2.76 bits per heavy atom. The molecule has 3 nitrogen and oxygen atoms in total. The van der Waals surface area contributed by atoms with Crippen molar-refractivity contribution >= 4 is 0 Å². The van der Waals surface area contributed by atoms with E-state index in [9.17, 15) is 4.39 Å². The van der Waals surface area contributed by atoms with Gasteiger partial charge in [0.15, 0.2) is 0 Å². The first-order valence-electron chi connectivity index (χ1n) is 7.75. The van der Waals surface area contributed by atoms with E-state index in [0.717, 1.165) is 19.5 Å². The zero-order valence-corrected chi connectivity index (χ0v) is 12.4. The second-order valence-corrected chi connectivity index (χ2v) is 5.82. The van der Waals surface area contributed by atoms with E-state index in [1.54, 1.807) is 12.1 Å². The number of aromatic nitrogens is 2. The van der Waals surface area contributed by atoms with Crippen LogP contribution >= 0.6 is 0 Å². The minimum absolute atomic E-state index is 0.164. The topological polar surface area (TPSA) is 31.9 Å². The summed E-state index contributed by atoms with van der Waals surface area (Å²) in [5.74, 6) is 0.382. The molecule has 1 fully saturated rings. The Morgan fingerprint density at radius 1 is 1.29 bits per heavy atom. The Labute approximate surface area is 125 Å². The Hall–Kier alpha value is -1.68. The van der Waals surface area contributed by atoms with Crippen LogP contribution < -0.4 is 0 Å². The lowest BCUT2D eigenvalue weighted by Crippen LogP contribution is -2.39. The molecule has 4 heteroatoms. The van der Waals surface area contributed by atoms with Gasteiger partial charge in [-0.1, -0.05) is 19.1 Å². The minimum Gasteiger partial charge on any atom is -0.295 e. The van der Waals surface area contributed by atoms with Gasteiger partial charge in [-0.15, -0.1) is 0 Å². The lowest BCUT2D eigenvalue weighted by Gasteiger charge is -2.40. The van der Waals surface area contributed by atoms with Gasteiger partial charge in [0.25, 0.3) is 0 Å². The Kier molecular flexibility index (Phi) is 4.34. The molecule has 1 aliphatic rings. The van der Waals surface area contributed by atoms with Crippen molar-refractivity contribution in [3.05, 3.63) is 53.6 Å². The number of hydrogen-bond acceptors (Lipinski definition) is 2. The van der Waals surface area contributed by atoms with Gasteiger partial charge >= 0.3 is 0 Å². The van der Waals surface area contributed by atoms with E-state index < -0.39 is 0 Å². The Balaban J connectivity index is 1.82. The van der Waals surface area contributed by atoms with Crippen molar-refractivity contribution in [1.29, 1.82) is 0 Å². The van der Waals surface area contributed by atoms with Crippen LogP contribution in [0.4, 0.5) is 4.39 Å². The number of halogens is 1. The summed E-state index contributed by atoms with van der Waals surface area (Å²) in [6, 6.07) is 9.39. The quantitative estimate of drug-likeness (QED) is 0.932. The maximum absolute atomic E-state index is 13.1. The average molecular weight is 287 g/mol. The van der Waals surface area contributed by atoms with Crippen LogP contribution in [0.15, 0.2) is 36.5 Å². The molecule has 2 aromatic rings. The fraction of sp³-hybridized carbons (Fsp3) is 0.471. The van der Waals surface area contributed by atoms with E-state index in [0.29, 0.717) is 12.0 Å². The predicted octanol–water partition coefficient (Wildman–Crippen LogP) is 3.56. The van der Waals surface area contributed by atoms with E-state index >= 15 is 0 Å². The first-order valence-corrected chi connectivity index (χ1v) is 7.75. The Bertz CT molecular complexity index is 550. The zero-order valence-electron chi connectivity index (χ0n) is 12.4. The summed E-state index contributed by atoms with van der Waals surface area (Å²) in [7, 11) is 0. The molecule has 0 spiro atoms. The summed E-state index contributed by atoms with van der Waals surface area (Å²) in [4.78, 5) is 2.52. The normalized spacial score (nSPS) is 23.3. The highest BCUT2D eigenvalue weighted by molar-refractivity contribution is 5.18. The van der Waals surface area contributed by atoms with Gasteiger partial charge in [0, 0.05) is 6.20 Å². The standard InChI is InChI=1S/C17H22FN3/c1-2-21-11-3-4-14(17(21)16-9-10-19-20-16)12-13-5-7-15(18)8-6-13/h5-10,14,17H,2-4,11-12H2,1H3,(H,19,20). The second-order valence-electron chi connectivity index (χ2n) is 5.82. The molecule has 1 N–H and O–H groups in total. The molecular formula is C17H22FN3. The summed E-state index contributed by atoms with van der Waals surface area (Å²) >= 11 is 0. The third-order valence-corrected chi connectivity index (χ3v) is 4.52. The highest BCUT2D eigenvalue weighted by atomic mass is 19.1. The van der Waals surface area contributed by atoms with Crippen LogP contribution in [0.2, 0.25) is 0 Å². The van der Waals surface area contributed by atoms with Crippen molar-refractivity contribution in [3.63, 3.8) is 0 Å². The summed E-state index contributed by atoms with van der Waals surface area (Å²) in [5, 5.41) is 7.26. The number of rotatable bonds is 4. The highest BCUT2D eigenvalue weighted by Crippen LogP contribution is 2.36. The molecule has 0 aliphatic carbocycles. The van der Waals surface area contributed by atoms with E-state index in [1.807, 2.05) is 18.3 Å². The van der Waals surface area contributed by atoms with Gasteiger partial charge in [0.2, 0.25) is 0 Å². The first-order chi connectivity index (χ1) is 10.3. The number of aromatic amines is 1. The molecule has 0 amide bonds. The molecule has 1 aromatic carbocycles. The van der Waals surface area contributed by atoms with E-state index in [-0.39, 0.29) is 5.82 Å². The van der Waals surface area contributed by atoms with Gasteiger partial charge in [-0.3, -0.25) is 10.00 Å². The Morgan fingerprint density at radius 2 is 2.10 bits per heavy atom. The molecule has 1 aromatic heterocycles. The number of H-pyrrole nitrogens is 1. The van der Waals surface area contributed by atoms with Gasteiger partial charge in [-0.2, -0.15) is 5.10 Å². The third-order valence-electron chi connectivity index (χ3n) is 4.52. The molecule has 2 unspecified atom stereocenters. The maximum atomic E-state index is 13.1. The monoisotopic (exact) mass is 287 g/mol. The fourth-order valence-electron chi connectivity index (χ4n) is 3.53. The van der Waals surface area contributed by atoms with Crippen molar-refractivity contribution in [3.8, 4) is 0 Å². The summed E-state index contributed by atoms with van der Waals surface area (Å²) in [6.45, 7) is 4.40. The second kappa shape index (κ2) is 6.39. The first kappa shape index (κ1) is 14.3.